The number of nitrogens with zero attached hydrogens (tertiary/aromatic N) is 1. The summed E-state index contributed by atoms with van der Waals surface area (Å²) < 4.78 is 25.8. The minimum absolute atomic E-state index is 0.248. The van der Waals surface area contributed by atoms with Gasteiger partial charge in [0.25, 0.3) is 5.69 Å². The van der Waals surface area contributed by atoms with Gasteiger partial charge in [-0.1, -0.05) is 11.6 Å². The zero-order chi connectivity index (χ0) is 13.9. The number of aliphatic hydroxyl groups is 1. The highest BCUT2D eigenvalue weighted by Gasteiger charge is 2.22. The Hall–Kier alpha value is -1.22. The van der Waals surface area contributed by atoms with E-state index in [0.717, 1.165) is 18.2 Å². The number of aliphatic hydroxyl groups excluding tert-OH is 1. The van der Waals surface area contributed by atoms with Crippen molar-refractivity contribution in [2.45, 2.75) is 17.9 Å². The van der Waals surface area contributed by atoms with E-state index in [0.29, 0.717) is 0 Å². The van der Waals surface area contributed by atoms with Crippen LogP contribution >= 0.6 is 11.6 Å². The van der Waals surface area contributed by atoms with Gasteiger partial charge < -0.3 is 5.11 Å². The monoisotopic (exact) mass is 294 g/mol. The Morgan fingerprint density at radius 2 is 2.17 bits per heavy atom. The molecule has 7 nitrogen and oxygen atoms in total. The Bertz CT molecular complexity index is 560. The highest BCUT2D eigenvalue weighted by molar-refractivity contribution is 7.89. The van der Waals surface area contributed by atoms with Gasteiger partial charge in [-0.25, -0.2) is 13.1 Å². The van der Waals surface area contributed by atoms with E-state index in [4.69, 9.17) is 16.7 Å². The highest BCUT2D eigenvalue weighted by atomic mass is 35.5. The lowest BCUT2D eigenvalue weighted by Crippen LogP contribution is -2.35. The molecule has 1 aromatic rings. The number of nitro benzene ring substituents is 1. The number of non-ortho nitro benzene ring substituents is 1. The second-order valence-electron chi connectivity index (χ2n) is 3.58. The second kappa shape index (κ2) is 5.61. The summed E-state index contributed by atoms with van der Waals surface area (Å²) in [6.07, 6.45) is 0. The lowest BCUT2D eigenvalue weighted by Gasteiger charge is -2.12. The van der Waals surface area contributed by atoms with Crippen LogP contribution in [0.4, 0.5) is 5.69 Å². The lowest BCUT2D eigenvalue weighted by molar-refractivity contribution is -0.384. The molecule has 0 spiro atoms. The molecule has 100 valence electrons. The van der Waals surface area contributed by atoms with Gasteiger partial charge in [-0.15, -0.1) is 0 Å². The summed E-state index contributed by atoms with van der Waals surface area (Å²) in [6, 6.07) is 2.37. The third-order valence-corrected chi connectivity index (χ3v) is 4.12. The zero-order valence-electron chi connectivity index (χ0n) is 9.33. The molecule has 9 heteroatoms. The van der Waals surface area contributed by atoms with Gasteiger partial charge >= 0.3 is 0 Å². The fourth-order valence-electron chi connectivity index (χ4n) is 1.19. The van der Waals surface area contributed by atoms with Crippen molar-refractivity contribution in [1.82, 2.24) is 4.72 Å². The molecule has 0 unspecified atom stereocenters. The van der Waals surface area contributed by atoms with E-state index in [9.17, 15) is 18.5 Å². The van der Waals surface area contributed by atoms with Gasteiger partial charge in [0.05, 0.1) is 16.6 Å². The summed E-state index contributed by atoms with van der Waals surface area (Å²) in [5, 5.41) is 19.0. The summed E-state index contributed by atoms with van der Waals surface area (Å²) in [5.74, 6) is 0. The van der Waals surface area contributed by atoms with Crippen LogP contribution in [0.3, 0.4) is 0 Å². The predicted octanol–water partition coefficient (Wildman–Crippen LogP) is 0.907. The van der Waals surface area contributed by atoms with Crippen molar-refractivity contribution in [2.24, 2.45) is 0 Å². The molecule has 1 aromatic carbocycles. The standard InChI is InChI=1S/C9H11ClN2O5S/c1-6(5-13)11-18(16,17)9-3-2-7(12(14)15)4-8(9)10/h2-4,6,11,13H,5H2,1H3/t6-/m0/s1. The van der Waals surface area contributed by atoms with Crippen LogP contribution < -0.4 is 4.72 Å². The normalized spacial score (nSPS) is 13.3. The molecule has 0 radical (unpaired) electrons. The van der Waals surface area contributed by atoms with E-state index in [1.165, 1.54) is 6.92 Å². The molecule has 0 aromatic heterocycles. The molecule has 0 fully saturated rings. The molecular weight excluding hydrogens is 284 g/mol. The van der Waals surface area contributed by atoms with Crippen molar-refractivity contribution < 1.29 is 18.4 Å². The minimum atomic E-state index is -3.91. The smallest absolute Gasteiger partial charge is 0.271 e. The molecule has 0 bridgehead atoms. The predicted molar refractivity (Wildman–Crippen MR) is 65.0 cm³/mol. The third-order valence-electron chi connectivity index (χ3n) is 2.05. The number of hydrogen-bond acceptors (Lipinski definition) is 5. The SMILES string of the molecule is C[C@@H](CO)NS(=O)(=O)c1ccc([N+](=O)[O-])cc1Cl. The summed E-state index contributed by atoms with van der Waals surface area (Å²) >= 11 is 5.70. The number of sulfonamides is 1. The van der Waals surface area contributed by atoms with Crippen molar-refractivity contribution in [3.63, 3.8) is 0 Å². The van der Waals surface area contributed by atoms with Crippen LogP contribution in [-0.4, -0.2) is 31.1 Å². The van der Waals surface area contributed by atoms with Gasteiger partial charge in [0.2, 0.25) is 10.0 Å². The minimum Gasteiger partial charge on any atom is -0.395 e. The molecule has 0 saturated carbocycles. The van der Waals surface area contributed by atoms with E-state index in [2.05, 4.69) is 4.72 Å². The van der Waals surface area contributed by atoms with Gasteiger partial charge in [-0.05, 0) is 13.0 Å². The maximum atomic E-state index is 11.8. The van der Waals surface area contributed by atoms with E-state index in [1.807, 2.05) is 0 Å². The molecule has 0 aliphatic carbocycles. The van der Waals surface area contributed by atoms with Crippen molar-refractivity contribution >= 4 is 27.3 Å². The van der Waals surface area contributed by atoms with Crippen molar-refractivity contribution in [1.29, 1.82) is 0 Å². The average molecular weight is 295 g/mol. The third kappa shape index (κ3) is 3.39. The molecule has 18 heavy (non-hydrogen) atoms. The van der Waals surface area contributed by atoms with Gasteiger partial charge in [-0.3, -0.25) is 10.1 Å². The summed E-state index contributed by atoms with van der Waals surface area (Å²) in [7, 11) is -3.91. The summed E-state index contributed by atoms with van der Waals surface area (Å²) in [4.78, 5) is 9.54. The Morgan fingerprint density at radius 3 is 2.61 bits per heavy atom. The van der Waals surface area contributed by atoms with Crippen molar-refractivity contribution in [3.8, 4) is 0 Å². The maximum absolute atomic E-state index is 11.8. The van der Waals surface area contributed by atoms with Crippen molar-refractivity contribution in [2.75, 3.05) is 6.61 Å². The quantitative estimate of drug-likeness (QED) is 0.619. The Kier molecular flexibility index (Phi) is 4.63. The second-order valence-corrected chi connectivity index (χ2v) is 5.67. The molecule has 1 atom stereocenters. The van der Waals surface area contributed by atoms with Gasteiger partial charge in [0, 0.05) is 18.2 Å². The van der Waals surface area contributed by atoms with E-state index < -0.39 is 21.0 Å². The van der Waals surface area contributed by atoms with Crippen molar-refractivity contribution in [3.05, 3.63) is 33.3 Å². The zero-order valence-corrected chi connectivity index (χ0v) is 10.9. The first kappa shape index (κ1) is 14.8. The van der Waals surface area contributed by atoms with Gasteiger partial charge in [0.1, 0.15) is 4.90 Å². The summed E-state index contributed by atoms with van der Waals surface area (Å²) in [6.45, 7) is 1.10. The average Bonchev–Trinajstić information content (AvgIpc) is 2.27. The van der Waals surface area contributed by atoms with Crippen LogP contribution in [0, 0.1) is 10.1 Å². The largest absolute Gasteiger partial charge is 0.395 e. The van der Waals surface area contributed by atoms with E-state index >= 15 is 0 Å². The molecule has 0 heterocycles. The number of nitrogens with one attached hydrogen (secondary N) is 1. The summed E-state index contributed by atoms with van der Waals surface area (Å²) in [5.41, 5.74) is -0.297. The topological polar surface area (TPSA) is 110 Å². The van der Waals surface area contributed by atoms with E-state index in [1.54, 1.807) is 0 Å². The number of halogens is 1. The fourth-order valence-corrected chi connectivity index (χ4v) is 2.96. The Balaban J connectivity index is 3.14. The first-order chi connectivity index (χ1) is 8.27. The highest BCUT2D eigenvalue weighted by Crippen LogP contribution is 2.26. The van der Waals surface area contributed by atoms with Crippen LogP contribution in [0.15, 0.2) is 23.1 Å². The van der Waals surface area contributed by atoms with Crippen LogP contribution in [0.5, 0.6) is 0 Å². The molecule has 0 saturated heterocycles. The first-order valence-corrected chi connectivity index (χ1v) is 6.71. The van der Waals surface area contributed by atoms with Crippen LogP contribution in [0.1, 0.15) is 6.92 Å². The molecule has 0 amide bonds. The first-order valence-electron chi connectivity index (χ1n) is 4.85. The molecule has 2 N–H and O–H groups in total. The number of hydrogen-bond donors (Lipinski definition) is 2. The van der Waals surface area contributed by atoms with Crippen LogP contribution in [0.2, 0.25) is 5.02 Å². The number of rotatable bonds is 5. The van der Waals surface area contributed by atoms with Crippen LogP contribution in [0.25, 0.3) is 0 Å². The lowest BCUT2D eigenvalue weighted by atomic mass is 10.3. The fraction of sp³-hybridized carbons (Fsp3) is 0.333. The maximum Gasteiger partial charge on any atom is 0.271 e. The Labute approximate surface area is 109 Å². The van der Waals surface area contributed by atoms with Gasteiger partial charge in [-0.2, -0.15) is 0 Å². The molecule has 1 rings (SSSR count). The molecular formula is C9H11ClN2O5S. The number of benzene rings is 1. The van der Waals surface area contributed by atoms with Gasteiger partial charge in [0.15, 0.2) is 0 Å². The molecule has 0 aliphatic rings. The Morgan fingerprint density at radius 1 is 1.56 bits per heavy atom. The number of nitro groups is 1. The molecule has 0 aliphatic heterocycles. The van der Waals surface area contributed by atoms with E-state index in [-0.39, 0.29) is 22.2 Å². The van der Waals surface area contributed by atoms with Crippen LogP contribution in [-0.2, 0) is 10.0 Å².